The molecule has 0 radical (unpaired) electrons. The number of esters is 1. The van der Waals surface area contributed by atoms with Crippen LogP contribution >= 0.6 is 23.2 Å². The Kier molecular flexibility index (Phi) is 6.22. The molecular weight excluding hydrogens is 385 g/mol. The monoisotopic (exact) mass is 403 g/mol. The summed E-state index contributed by atoms with van der Waals surface area (Å²) in [5.74, 6) is -0.393. The lowest BCUT2D eigenvalue weighted by Gasteiger charge is -2.10. The average molecular weight is 404 g/mol. The van der Waals surface area contributed by atoms with E-state index in [4.69, 9.17) is 27.9 Å². The van der Waals surface area contributed by atoms with Crippen molar-refractivity contribution >= 4 is 46.2 Å². The lowest BCUT2D eigenvalue weighted by molar-refractivity contribution is -0.137. The molecule has 3 rings (SSSR count). The SMILES string of the molecule is CCOC(=O)/C=C/c1cccc2c(CO)cn(Cc3ccc(Cl)cc3Cl)c12. The van der Waals surface area contributed by atoms with Crippen LogP contribution in [0.1, 0.15) is 23.6 Å². The van der Waals surface area contributed by atoms with Gasteiger partial charge in [0.25, 0.3) is 0 Å². The standard InChI is InChI=1S/C21H19Cl2NO3/c1-2-27-20(26)9-7-14-4-3-5-18-16(13-25)12-24(21(14)18)11-15-6-8-17(22)10-19(15)23/h3-10,12,25H,2,11,13H2,1H3/b9-7+. The summed E-state index contributed by atoms with van der Waals surface area (Å²) >= 11 is 12.3. The molecule has 0 saturated carbocycles. The summed E-state index contributed by atoms with van der Waals surface area (Å²) in [5, 5.41) is 11.8. The van der Waals surface area contributed by atoms with Crippen molar-refractivity contribution in [2.75, 3.05) is 6.61 Å². The molecule has 27 heavy (non-hydrogen) atoms. The molecule has 0 aliphatic heterocycles. The van der Waals surface area contributed by atoms with Gasteiger partial charge in [0.05, 0.1) is 18.7 Å². The van der Waals surface area contributed by atoms with E-state index in [2.05, 4.69) is 0 Å². The average Bonchev–Trinajstić information content (AvgIpc) is 3.01. The first-order chi connectivity index (χ1) is 13.0. The van der Waals surface area contributed by atoms with Crippen LogP contribution in [0.2, 0.25) is 10.0 Å². The van der Waals surface area contributed by atoms with Crippen LogP contribution in [0.5, 0.6) is 0 Å². The largest absolute Gasteiger partial charge is 0.463 e. The van der Waals surface area contributed by atoms with Crippen molar-refractivity contribution in [2.24, 2.45) is 0 Å². The van der Waals surface area contributed by atoms with Crippen LogP contribution in [0, 0.1) is 0 Å². The van der Waals surface area contributed by atoms with Crippen molar-refractivity contribution in [2.45, 2.75) is 20.1 Å². The highest BCUT2D eigenvalue weighted by Crippen LogP contribution is 2.29. The van der Waals surface area contributed by atoms with E-state index in [1.807, 2.05) is 35.0 Å². The number of benzene rings is 2. The van der Waals surface area contributed by atoms with E-state index in [0.717, 1.165) is 27.6 Å². The van der Waals surface area contributed by atoms with E-state index in [1.54, 1.807) is 25.1 Å². The summed E-state index contributed by atoms with van der Waals surface area (Å²) in [5.41, 5.74) is 3.48. The number of ether oxygens (including phenoxy) is 1. The molecule has 4 nitrogen and oxygen atoms in total. The number of hydrogen-bond acceptors (Lipinski definition) is 3. The van der Waals surface area contributed by atoms with Crippen molar-refractivity contribution in [3.8, 4) is 0 Å². The number of para-hydroxylation sites is 1. The molecule has 3 aromatic rings. The minimum absolute atomic E-state index is 0.0805. The molecule has 1 heterocycles. The third-order valence-corrected chi connectivity index (χ3v) is 4.81. The molecule has 0 fully saturated rings. The normalized spacial score (nSPS) is 11.4. The van der Waals surface area contributed by atoms with Crippen LogP contribution in [0.15, 0.2) is 48.7 Å². The van der Waals surface area contributed by atoms with E-state index in [0.29, 0.717) is 23.2 Å². The Morgan fingerprint density at radius 1 is 1.22 bits per heavy atom. The van der Waals surface area contributed by atoms with Crippen molar-refractivity contribution in [1.82, 2.24) is 4.57 Å². The molecule has 0 saturated heterocycles. The Balaban J connectivity index is 2.07. The molecule has 0 aliphatic carbocycles. The topological polar surface area (TPSA) is 51.5 Å². The van der Waals surface area contributed by atoms with Crippen LogP contribution in [0.25, 0.3) is 17.0 Å². The molecule has 0 amide bonds. The number of aliphatic hydroxyl groups is 1. The van der Waals surface area contributed by atoms with Gasteiger partial charge in [-0.25, -0.2) is 4.79 Å². The minimum atomic E-state index is -0.393. The summed E-state index contributed by atoms with van der Waals surface area (Å²) in [4.78, 5) is 11.7. The first-order valence-electron chi connectivity index (χ1n) is 8.53. The number of aromatic nitrogens is 1. The lowest BCUT2D eigenvalue weighted by Crippen LogP contribution is -2.01. The minimum Gasteiger partial charge on any atom is -0.463 e. The number of carbonyl (C=O) groups excluding carboxylic acids is 1. The first-order valence-corrected chi connectivity index (χ1v) is 9.29. The Hall–Kier alpha value is -2.27. The van der Waals surface area contributed by atoms with Gasteiger partial charge in [-0.3, -0.25) is 0 Å². The van der Waals surface area contributed by atoms with E-state index in [-0.39, 0.29) is 6.61 Å². The lowest BCUT2D eigenvalue weighted by atomic mass is 10.1. The highest BCUT2D eigenvalue weighted by atomic mass is 35.5. The van der Waals surface area contributed by atoms with Gasteiger partial charge in [-0.05, 0) is 36.3 Å². The second kappa shape index (κ2) is 8.61. The summed E-state index contributed by atoms with van der Waals surface area (Å²) < 4.78 is 6.97. The first kappa shape index (κ1) is 19.5. The molecule has 0 unspecified atom stereocenters. The van der Waals surface area contributed by atoms with E-state index in [9.17, 15) is 9.90 Å². The second-order valence-corrected chi connectivity index (χ2v) is 6.85. The zero-order chi connectivity index (χ0) is 19.4. The van der Waals surface area contributed by atoms with Gasteiger partial charge >= 0.3 is 5.97 Å². The number of aliphatic hydroxyl groups excluding tert-OH is 1. The summed E-state index contributed by atoms with van der Waals surface area (Å²) in [6.07, 6.45) is 5.03. The molecule has 2 aromatic carbocycles. The van der Waals surface area contributed by atoms with Gasteiger partial charge in [-0.15, -0.1) is 0 Å². The quantitative estimate of drug-likeness (QED) is 0.461. The fourth-order valence-electron chi connectivity index (χ4n) is 3.03. The van der Waals surface area contributed by atoms with Crippen LogP contribution in [0.3, 0.4) is 0 Å². The van der Waals surface area contributed by atoms with Crippen molar-refractivity contribution in [3.05, 3.63) is 75.4 Å². The highest BCUT2D eigenvalue weighted by Gasteiger charge is 2.12. The Morgan fingerprint density at radius 2 is 2.04 bits per heavy atom. The Labute approximate surface area is 167 Å². The third-order valence-electron chi connectivity index (χ3n) is 4.22. The predicted octanol–water partition coefficient (Wildman–Crippen LogP) is 5.07. The second-order valence-electron chi connectivity index (χ2n) is 6.00. The molecule has 0 spiro atoms. The highest BCUT2D eigenvalue weighted by molar-refractivity contribution is 6.35. The maximum Gasteiger partial charge on any atom is 0.330 e. The number of rotatable bonds is 6. The summed E-state index contributed by atoms with van der Waals surface area (Å²) in [7, 11) is 0. The smallest absolute Gasteiger partial charge is 0.330 e. The van der Waals surface area contributed by atoms with Crippen LogP contribution in [-0.4, -0.2) is 22.2 Å². The molecule has 6 heteroatoms. The zero-order valence-electron chi connectivity index (χ0n) is 14.8. The Morgan fingerprint density at radius 3 is 2.74 bits per heavy atom. The molecule has 140 valence electrons. The van der Waals surface area contributed by atoms with Gasteiger partial charge in [-0.1, -0.05) is 47.5 Å². The molecular formula is C21H19Cl2NO3. The van der Waals surface area contributed by atoms with Gasteiger partial charge in [0.1, 0.15) is 0 Å². The fraction of sp³-hybridized carbons (Fsp3) is 0.190. The van der Waals surface area contributed by atoms with Crippen LogP contribution in [-0.2, 0) is 22.7 Å². The maximum atomic E-state index is 11.7. The number of carbonyl (C=O) groups is 1. The number of hydrogen-bond donors (Lipinski definition) is 1. The van der Waals surface area contributed by atoms with Crippen LogP contribution < -0.4 is 0 Å². The fourth-order valence-corrected chi connectivity index (χ4v) is 3.50. The Bertz CT molecular complexity index is 1010. The van der Waals surface area contributed by atoms with E-state index < -0.39 is 5.97 Å². The molecule has 0 atom stereocenters. The third kappa shape index (κ3) is 4.35. The zero-order valence-corrected chi connectivity index (χ0v) is 16.3. The van der Waals surface area contributed by atoms with Gasteiger partial charge in [0.2, 0.25) is 0 Å². The molecule has 0 bridgehead atoms. The van der Waals surface area contributed by atoms with Gasteiger partial charge in [0.15, 0.2) is 0 Å². The van der Waals surface area contributed by atoms with Crippen molar-refractivity contribution in [3.63, 3.8) is 0 Å². The van der Waals surface area contributed by atoms with Crippen LogP contribution in [0.4, 0.5) is 0 Å². The van der Waals surface area contributed by atoms with Gasteiger partial charge < -0.3 is 14.4 Å². The maximum absolute atomic E-state index is 11.7. The van der Waals surface area contributed by atoms with Gasteiger partial charge in [0, 0.05) is 39.8 Å². The summed E-state index contributed by atoms with van der Waals surface area (Å²) in [6, 6.07) is 11.1. The molecule has 1 aromatic heterocycles. The van der Waals surface area contributed by atoms with E-state index in [1.165, 1.54) is 6.08 Å². The predicted molar refractivity (Wildman–Crippen MR) is 109 cm³/mol. The summed E-state index contributed by atoms with van der Waals surface area (Å²) in [6.45, 7) is 2.52. The van der Waals surface area contributed by atoms with Gasteiger partial charge in [-0.2, -0.15) is 0 Å². The molecule has 1 N–H and O–H groups in total. The van der Waals surface area contributed by atoms with Crippen molar-refractivity contribution < 1.29 is 14.6 Å². The van der Waals surface area contributed by atoms with Crippen molar-refractivity contribution in [1.29, 1.82) is 0 Å². The molecule has 0 aliphatic rings. The number of halogens is 2. The van der Waals surface area contributed by atoms with E-state index >= 15 is 0 Å². The number of nitrogens with zero attached hydrogens (tertiary/aromatic N) is 1. The number of fused-ring (bicyclic) bond motifs is 1.